The summed E-state index contributed by atoms with van der Waals surface area (Å²) >= 11 is 0. The predicted molar refractivity (Wildman–Crippen MR) is 75.2 cm³/mol. The number of carbonyl (C=O) groups is 1. The van der Waals surface area contributed by atoms with Gasteiger partial charge in [0.15, 0.2) is 0 Å². The summed E-state index contributed by atoms with van der Waals surface area (Å²) in [5, 5.41) is 0. The molecule has 1 unspecified atom stereocenters. The third kappa shape index (κ3) is 3.03. The second-order valence-electron chi connectivity index (χ2n) is 6.75. The average molecular weight is 265 g/mol. The van der Waals surface area contributed by atoms with Gasteiger partial charge in [0, 0.05) is 18.6 Å². The van der Waals surface area contributed by atoms with Crippen LogP contribution in [0.3, 0.4) is 0 Å². The Morgan fingerprint density at radius 1 is 1.05 bits per heavy atom. The van der Waals surface area contributed by atoms with E-state index >= 15 is 0 Å². The third-order valence-electron chi connectivity index (χ3n) is 5.51. The maximum absolute atomic E-state index is 10.8. The van der Waals surface area contributed by atoms with Crippen molar-refractivity contribution in [1.82, 2.24) is 4.90 Å². The van der Waals surface area contributed by atoms with E-state index in [1.54, 1.807) is 0 Å². The van der Waals surface area contributed by atoms with Crippen LogP contribution in [0.25, 0.3) is 0 Å². The molecule has 0 aromatic carbocycles. The number of hydrogen-bond donors (Lipinski definition) is 0. The molecule has 3 fully saturated rings. The molecule has 0 radical (unpaired) electrons. The van der Waals surface area contributed by atoms with E-state index in [1.165, 1.54) is 44.9 Å². The lowest BCUT2D eigenvalue weighted by molar-refractivity contribution is -0.128. The zero-order valence-electron chi connectivity index (χ0n) is 12.0. The molecule has 3 rings (SSSR count). The standard InChI is InChI=1S/C16H27NO2/c18-13-14-4-9-17(10-5-14)15-6-11-19-16(12-15)7-2-1-3-8-16/h13-15H,1-12H2. The van der Waals surface area contributed by atoms with Crippen LogP contribution in [0.15, 0.2) is 0 Å². The van der Waals surface area contributed by atoms with Crippen LogP contribution in [0.5, 0.6) is 0 Å². The molecule has 0 aromatic heterocycles. The van der Waals surface area contributed by atoms with Gasteiger partial charge < -0.3 is 14.4 Å². The van der Waals surface area contributed by atoms with Gasteiger partial charge in [-0.05, 0) is 51.6 Å². The quantitative estimate of drug-likeness (QED) is 0.719. The Kier molecular flexibility index (Phi) is 4.23. The number of aldehydes is 1. The lowest BCUT2D eigenvalue weighted by Crippen LogP contribution is -2.51. The van der Waals surface area contributed by atoms with Crippen LogP contribution in [0.4, 0.5) is 0 Å². The SMILES string of the molecule is O=CC1CCN(C2CCOC3(CCCCC3)C2)CC1. The predicted octanol–water partition coefficient (Wildman–Crippen LogP) is 2.78. The summed E-state index contributed by atoms with van der Waals surface area (Å²) in [7, 11) is 0. The first-order valence-corrected chi connectivity index (χ1v) is 8.15. The van der Waals surface area contributed by atoms with Gasteiger partial charge in [0.2, 0.25) is 0 Å². The molecule has 1 saturated carbocycles. The summed E-state index contributed by atoms with van der Waals surface area (Å²) in [6.07, 6.45) is 12.3. The maximum Gasteiger partial charge on any atom is 0.123 e. The normalized spacial score (nSPS) is 33.4. The van der Waals surface area contributed by atoms with Crippen molar-refractivity contribution in [2.24, 2.45) is 5.92 Å². The van der Waals surface area contributed by atoms with Gasteiger partial charge in [-0.25, -0.2) is 0 Å². The second-order valence-corrected chi connectivity index (χ2v) is 6.75. The van der Waals surface area contributed by atoms with Crippen LogP contribution in [0.1, 0.15) is 57.8 Å². The molecule has 0 amide bonds. The van der Waals surface area contributed by atoms with Crippen LogP contribution in [0.2, 0.25) is 0 Å². The number of nitrogens with zero attached hydrogens (tertiary/aromatic N) is 1. The minimum atomic E-state index is 0.211. The highest BCUT2D eigenvalue weighted by Gasteiger charge is 2.40. The van der Waals surface area contributed by atoms with Crippen molar-refractivity contribution < 1.29 is 9.53 Å². The Morgan fingerprint density at radius 3 is 2.47 bits per heavy atom. The minimum absolute atomic E-state index is 0.211. The van der Waals surface area contributed by atoms with E-state index in [0.29, 0.717) is 12.0 Å². The Labute approximate surface area is 116 Å². The molecular formula is C16H27NO2. The van der Waals surface area contributed by atoms with Gasteiger partial charge in [-0.1, -0.05) is 19.3 Å². The van der Waals surface area contributed by atoms with Crippen LogP contribution >= 0.6 is 0 Å². The first-order chi connectivity index (χ1) is 9.31. The van der Waals surface area contributed by atoms with E-state index in [0.717, 1.165) is 38.8 Å². The van der Waals surface area contributed by atoms with Gasteiger partial charge in [-0.15, -0.1) is 0 Å². The lowest BCUT2D eigenvalue weighted by atomic mass is 9.77. The summed E-state index contributed by atoms with van der Waals surface area (Å²) < 4.78 is 6.19. The third-order valence-corrected chi connectivity index (χ3v) is 5.51. The highest BCUT2D eigenvalue weighted by atomic mass is 16.5. The second kappa shape index (κ2) is 5.92. The molecule has 1 aliphatic carbocycles. The largest absolute Gasteiger partial charge is 0.375 e. The molecule has 0 bridgehead atoms. The molecule has 1 atom stereocenters. The monoisotopic (exact) mass is 265 g/mol. The van der Waals surface area contributed by atoms with Gasteiger partial charge in [-0.2, -0.15) is 0 Å². The van der Waals surface area contributed by atoms with Crippen molar-refractivity contribution in [2.75, 3.05) is 19.7 Å². The average Bonchev–Trinajstić information content (AvgIpc) is 2.48. The molecule has 3 nitrogen and oxygen atoms in total. The topological polar surface area (TPSA) is 29.5 Å². The molecular weight excluding hydrogens is 238 g/mol. The molecule has 108 valence electrons. The van der Waals surface area contributed by atoms with Crippen molar-refractivity contribution in [1.29, 1.82) is 0 Å². The Morgan fingerprint density at radius 2 is 1.79 bits per heavy atom. The number of ether oxygens (including phenoxy) is 1. The van der Waals surface area contributed by atoms with Crippen LogP contribution in [-0.2, 0) is 9.53 Å². The van der Waals surface area contributed by atoms with Gasteiger partial charge in [0.1, 0.15) is 6.29 Å². The minimum Gasteiger partial charge on any atom is -0.375 e. The number of piperidine rings is 1. The zero-order chi connectivity index (χ0) is 13.1. The van der Waals surface area contributed by atoms with Crippen molar-refractivity contribution in [3.8, 4) is 0 Å². The fourth-order valence-electron chi connectivity index (χ4n) is 4.28. The van der Waals surface area contributed by atoms with E-state index in [2.05, 4.69) is 4.90 Å². The van der Waals surface area contributed by atoms with E-state index < -0.39 is 0 Å². The maximum atomic E-state index is 10.8. The summed E-state index contributed by atoms with van der Waals surface area (Å²) in [5.41, 5.74) is 0.211. The molecule has 0 N–H and O–H groups in total. The molecule has 1 spiro atoms. The summed E-state index contributed by atoms with van der Waals surface area (Å²) in [5.74, 6) is 0.319. The fraction of sp³-hybridized carbons (Fsp3) is 0.938. The molecule has 2 heterocycles. The van der Waals surface area contributed by atoms with Crippen LogP contribution in [0, 0.1) is 5.92 Å². The van der Waals surface area contributed by atoms with E-state index in [4.69, 9.17) is 4.74 Å². The molecule has 2 saturated heterocycles. The lowest BCUT2D eigenvalue weighted by Gasteiger charge is -2.47. The van der Waals surface area contributed by atoms with Gasteiger partial charge >= 0.3 is 0 Å². The Hall–Kier alpha value is -0.410. The molecule has 3 heteroatoms. The van der Waals surface area contributed by atoms with E-state index in [9.17, 15) is 4.79 Å². The van der Waals surface area contributed by atoms with E-state index in [-0.39, 0.29) is 5.60 Å². The number of likely N-dealkylation sites (tertiary alicyclic amines) is 1. The Bertz CT molecular complexity index is 298. The fourth-order valence-corrected chi connectivity index (χ4v) is 4.28. The number of rotatable bonds is 2. The highest BCUT2D eigenvalue weighted by Crippen LogP contribution is 2.40. The molecule has 0 aromatic rings. The van der Waals surface area contributed by atoms with Crippen molar-refractivity contribution in [2.45, 2.75) is 69.4 Å². The summed E-state index contributed by atoms with van der Waals surface area (Å²) in [4.78, 5) is 13.5. The van der Waals surface area contributed by atoms with Crippen LogP contribution in [-0.4, -0.2) is 42.5 Å². The van der Waals surface area contributed by atoms with Crippen molar-refractivity contribution in [3.05, 3.63) is 0 Å². The smallest absolute Gasteiger partial charge is 0.123 e. The molecule has 2 aliphatic heterocycles. The highest BCUT2D eigenvalue weighted by molar-refractivity contribution is 5.53. The zero-order valence-corrected chi connectivity index (χ0v) is 12.0. The van der Waals surface area contributed by atoms with Crippen LogP contribution < -0.4 is 0 Å². The number of carbonyl (C=O) groups excluding carboxylic acids is 1. The first kappa shape index (κ1) is 13.6. The van der Waals surface area contributed by atoms with Gasteiger partial charge in [0.25, 0.3) is 0 Å². The van der Waals surface area contributed by atoms with Crippen molar-refractivity contribution >= 4 is 6.29 Å². The van der Waals surface area contributed by atoms with Gasteiger partial charge in [0.05, 0.1) is 5.60 Å². The van der Waals surface area contributed by atoms with E-state index in [1.807, 2.05) is 0 Å². The summed E-state index contributed by atoms with van der Waals surface area (Å²) in [6.45, 7) is 3.17. The Balaban J connectivity index is 1.57. The first-order valence-electron chi connectivity index (χ1n) is 8.15. The summed E-state index contributed by atoms with van der Waals surface area (Å²) in [6, 6.07) is 0.708. The molecule has 19 heavy (non-hydrogen) atoms. The van der Waals surface area contributed by atoms with Gasteiger partial charge in [-0.3, -0.25) is 0 Å². The number of hydrogen-bond acceptors (Lipinski definition) is 3. The van der Waals surface area contributed by atoms with Crippen molar-refractivity contribution in [3.63, 3.8) is 0 Å². The molecule has 3 aliphatic rings.